The molecule has 0 aromatic heterocycles. The summed E-state index contributed by atoms with van der Waals surface area (Å²) in [6.45, 7) is 9.27. The summed E-state index contributed by atoms with van der Waals surface area (Å²) >= 11 is 12.4. The number of allylic oxidation sites excluding steroid dienone is 1. The van der Waals surface area contributed by atoms with Crippen molar-refractivity contribution in [2.24, 2.45) is 0 Å². The van der Waals surface area contributed by atoms with Gasteiger partial charge in [-0.15, -0.1) is 0 Å². The van der Waals surface area contributed by atoms with E-state index in [1.807, 2.05) is 0 Å². The Bertz CT molecular complexity index is 1050. The lowest BCUT2D eigenvalue weighted by Gasteiger charge is -2.33. The molecular weight excluding hydrogens is 511 g/mol. The van der Waals surface area contributed by atoms with Gasteiger partial charge in [0.15, 0.2) is 6.61 Å². The third-order valence-electron chi connectivity index (χ3n) is 6.01. The van der Waals surface area contributed by atoms with E-state index in [1.165, 1.54) is 12.1 Å². The maximum absolute atomic E-state index is 13.7. The highest BCUT2D eigenvalue weighted by Crippen LogP contribution is 2.34. The first kappa shape index (κ1) is 28.2. The zero-order chi connectivity index (χ0) is 26.1. The van der Waals surface area contributed by atoms with Gasteiger partial charge in [0.05, 0.1) is 10.0 Å². The van der Waals surface area contributed by atoms with Gasteiger partial charge < -0.3 is 20.1 Å². The van der Waals surface area contributed by atoms with E-state index in [2.05, 4.69) is 29.0 Å². The highest BCUT2D eigenvalue weighted by atomic mass is 35.5. The van der Waals surface area contributed by atoms with Crippen LogP contribution >= 0.6 is 23.2 Å². The minimum absolute atomic E-state index is 0.0341. The van der Waals surface area contributed by atoms with Gasteiger partial charge in [0.2, 0.25) is 0 Å². The number of hydrogen-bond donors (Lipinski definition) is 2. The van der Waals surface area contributed by atoms with Crippen LogP contribution < -0.4 is 20.1 Å². The van der Waals surface area contributed by atoms with Gasteiger partial charge in [0.25, 0.3) is 11.8 Å². The number of amides is 1. The molecule has 0 unspecified atom stereocenters. The molecule has 2 N–H and O–H groups in total. The van der Waals surface area contributed by atoms with Gasteiger partial charge in [-0.3, -0.25) is 9.69 Å². The Kier molecular flexibility index (Phi) is 10.4. The van der Waals surface area contributed by atoms with Crippen LogP contribution in [0.25, 0.3) is 0 Å². The molecule has 36 heavy (non-hydrogen) atoms. The third-order valence-corrected chi connectivity index (χ3v) is 6.61. The van der Waals surface area contributed by atoms with Crippen LogP contribution in [0.4, 0.5) is 14.5 Å². The molecule has 0 aliphatic carbocycles. The van der Waals surface area contributed by atoms with E-state index in [9.17, 15) is 13.6 Å². The second-order valence-electron chi connectivity index (χ2n) is 8.41. The van der Waals surface area contributed by atoms with Crippen LogP contribution in [0.5, 0.6) is 11.5 Å². The molecule has 2 aromatic carbocycles. The van der Waals surface area contributed by atoms with Crippen LogP contribution in [0.1, 0.15) is 25.3 Å². The Balaban J connectivity index is 1.48. The summed E-state index contributed by atoms with van der Waals surface area (Å²) in [6, 6.07) is 9.09. The van der Waals surface area contributed by atoms with Crippen molar-refractivity contribution in [2.75, 3.05) is 44.7 Å². The van der Waals surface area contributed by atoms with Crippen LogP contribution in [-0.4, -0.2) is 56.2 Å². The molecule has 0 radical (unpaired) electrons. The Labute approximate surface area is 220 Å². The maximum atomic E-state index is 13.7. The summed E-state index contributed by atoms with van der Waals surface area (Å²) in [5, 5.41) is 6.40. The molecule has 1 aliphatic heterocycles. The molecule has 2 aromatic rings. The molecular formula is C26H31Cl2F2N3O3. The minimum Gasteiger partial charge on any atom is -0.491 e. The van der Waals surface area contributed by atoms with Gasteiger partial charge in [-0.05, 0) is 75.0 Å². The molecule has 0 saturated carbocycles. The normalized spacial score (nSPS) is 14.5. The van der Waals surface area contributed by atoms with Crippen molar-refractivity contribution in [3.05, 3.63) is 64.7 Å². The number of benzene rings is 2. The van der Waals surface area contributed by atoms with Gasteiger partial charge in [-0.2, -0.15) is 8.78 Å². The van der Waals surface area contributed by atoms with Gasteiger partial charge in [0.1, 0.15) is 18.1 Å². The lowest BCUT2D eigenvalue weighted by Crippen LogP contribution is -2.44. The largest absolute Gasteiger partial charge is 0.491 e. The van der Waals surface area contributed by atoms with Gasteiger partial charge in [0, 0.05) is 23.8 Å². The molecule has 1 fully saturated rings. The lowest BCUT2D eigenvalue weighted by molar-refractivity contribution is -0.118. The molecule has 0 spiro atoms. The number of piperidine rings is 1. The van der Waals surface area contributed by atoms with Crippen molar-refractivity contribution in [2.45, 2.75) is 31.7 Å². The molecule has 1 aliphatic rings. The fourth-order valence-electron chi connectivity index (χ4n) is 4.02. The standard InChI is InChI=1S/C26H31Cl2F2N3O3/c1-3-26(29,30)18-5-7-24(21(27)15-18)36-17-25(34)32-19-6-8-23(22(28)16-19)35-14-13-33(4-2)20-9-11-31-12-10-20/h3,5-8,15-16,20,31H,1,4,9-14,17H2,2H3,(H,32,34). The number of likely N-dealkylation sites (N-methyl/N-ethyl adjacent to an activating group) is 1. The number of halogens is 4. The van der Waals surface area contributed by atoms with Crippen LogP contribution in [0.15, 0.2) is 49.1 Å². The predicted molar refractivity (Wildman–Crippen MR) is 140 cm³/mol. The SMILES string of the molecule is C=CC(F)(F)c1ccc(OCC(=O)Nc2ccc(OCCN(CC)C3CCNCC3)c(Cl)c2)c(Cl)c1. The molecule has 3 rings (SSSR count). The van der Waals surface area contributed by atoms with Crippen LogP contribution in [-0.2, 0) is 10.7 Å². The van der Waals surface area contributed by atoms with Crippen LogP contribution in [0, 0.1) is 0 Å². The Morgan fingerprint density at radius 1 is 1.17 bits per heavy atom. The van der Waals surface area contributed by atoms with E-state index >= 15 is 0 Å². The van der Waals surface area contributed by atoms with Crippen molar-refractivity contribution in [1.82, 2.24) is 10.2 Å². The number of hydrogen-bond acceptors (Lipinski definition) is 5. The smallest absolute Gasteiger partial charge is 0.291 e. The second-order valence-corrected chi connectivity index (χ2v) is 9.23. The topological polar surface area (TPSA) is 62.8 Å². The zero-order valence-electron chi connectivity index (χ0n) is 20.2. The number of rotatable bonds is 12. The first-order valence-corrected chi connectivity index (χ1v) is 12.6. The predicted octanol–water partition coefficient (Wildman–Crippen LogP) is 5.74. The van der Waals surface area contributed by atoms with Crippen molar-refractivity contribution in [1.29, 1.82) is 0 Å². The van der Waals surface area contributed by atoms with Crippen molar-refractivity contribution < 1.29 is 23.0 Å². The molecule has 1 amide bonds. The van der Waals surface area contributed by atoms with E-state index in [0.717, 1.165) is 45.1 Å². The Hall–Kier alpha value is -2.39. The summed E-state index contributed by atoms with van der Waals surface area (Å²) < 4.78 is 38.7. The first-order chi connectivity index (χ1) is 17.2. The molecule has 10 heteroatoms. The van der Waals surface area contributed by atoms with Crippen molar-refractivity contribution >= 4 is 34.8 Å². The average Bonchev–Trinajstić information content (AvgIpc) is 2.87. The van der Waals surface area contributed by atoms with Gasteiger partial charge in [-0.1, -0.05) is 36.7 Å². The molecule has 6 nitrogen and oxygen atoms in total. The molecule has 0 atom stereocenters. The maximum Gasteiger partial charge on any atom is 0.291 e. The number of anilines is 1. The number of nitrogens with one attached hydrogen (secondary N) is 2. The van der Waals surface area contributed by atoms with E-state index in [0.29, 0.717) is 35.2 Å². The molecule has 0 bridgehead atoms. The molecule has 1 saturated heterocycles. The third kappa shape index (κ3) is 7.80. The molecule has 1 heterocycles. The summed E-state index contributed by atoms with van der Waals surface area (Å²) in [6.07, 6.45) is 2.80. The van der Waals surface area contributed by atoms with Gasteiger partial charge >= 0.3 is 0 Å². The van der Waals surface area contributed by atoms with E-state index in [1.54, 1.807) is 18.2 Å². The summed E-state index contributed by atoms with van der Waals surface area (Å²) in [5.41, 5.74) is 0.155. The van der Waals surface area contributed by atoms with Crippen molar-refractivity contribution in [3.63, 3.8) is 0 Å². The number of carbonyl (C=O) groups excluding carboxylic acids is 1. The fraction of sp³-hybridized carbons (Fsp3) is 0.423. The molecule has 196 valence electrons. The summed E-state index contributed by atoms with van der Waals surface area (Å²) in [7, 11) is 0. The Morgan fingerprint density at radius 2 is 1.83 bits per heavy atom. The monoisotopic (exact) mass is 541 g/mol. The first-order valence-electron chi connectivity index (χ1n) is 11.8. The Morgan fingerprint density at radius 3 is 2.47 bits per heavy atom. The average molecular weight is 542 g/mol. The second kappa shape index (κ2) is 13.2. The quantitative estimate of drug-likeness (QED) is 0.335. The zero-order valence-corrected chi connectivity index (χ0v) is 21.7. The number of nitrogens with zero attached hydrogens (tertiary/aromatic N) is 1. The fourth-order valence-corrected chi connectivity index (χ4v) is 4.49. The number of ether oxygens (including phenoxy) is 2. The minimum atomic E-state index is -3.21. The van der Waals surface area contributed by atoms with E-state index in [-0.39, 0.29) is 22.9 Å². The van der Waals surface area contributed by atoms with E-state index in [4.69, 9.17) is 32.7 Å². The lowest BCUT2D eigenvalue weighted by atomic mass is 10.1. The number of carbonyl (C=O) groups is 1. The summed E-state index contributed by atoms with van der Waals surface area (Å²) in [5.74, 6) is -3.02. The van der Waals surface area contributed by atoms with Crippen LogP contribution in [0.3, 0.4) is 0 Å². The number of alkyl halides is 2. The highest BCUT2D eigenvalue weighted by Gasteiger charge is 2.28. The van der Waals surface area contributed by atoms with Crippen LogP contribution in [0.2, 0.25) is 10.0 Å². The summed E-state index contributed by atoms with van der Waals surface area (Å²) in [4.78, 5) is 14.7. The van der Waals surface area contributed by atoms with Crippen molar-refractivity contribution in [3.8, 4) is 11.5 Å². The highest BCUT2D eigenvalue weighted by molar-refractivity contribution is 6.32. The van der Waals surface area contributed by atoms with Gasteiger partial charge in [-0.25, -0.2) is 0 Å². The van der Waals surface area contributed by atoms with E-state index < -0.39 is 11.8 Å².